The molecule has 0 fully saturated rings. The predicted octanol–water partition coefficient (Wildman–Crippen LogP) is 2.04. The fourth-order valence-corrected chi connectivity index (χ4v) is 2.14. The van der Waals surface area contributed by atoms with Gasteiger partial charge in [0.05, 0.1) is 11.9 Å². The second-order valence-electron chi connectivity index (χ2n) is 4.95. The summed E-state index contributed by atoms with van der Waals surface area (Å²) in [7, 11) is 0. The van der Waals surface area contributed by atoms with Crippen LogP contribution in [0.2, 0.25) is 0 Å². The molecule has 6 nitrogen and oxygen atoms in total. The van der Waals surface area contributed by atoms with Crippen molar-refractivity contribution in [1.82, 2.24) is 14.8 Å². The van der Waals surface area contributed by atoms with Crippen molar-refractivity contribution in [2.24, 2.45) is 5.92 Å². The first-order valence-corrected chi connectivity index (χ1v) is 7.27. The summed E-state index contributed by atoms with van der Waals surface area (Å²) >= 11 is 1.19. The Hall–Kier alpha value is -1.08. The average Bonchev–Trinajstić information content (AvgIpc) is 2.65. The summed E-state index contributed by atoms with van der Waals surface area (Å²) in [6, 6.07) is 0. The van der Waals surface area contributed by atoms with E-state index in [1.807, 2.05) is 18.4 Å². The van der Waals surface area contributed by atoms with Gasteiger partial charge in [-0.2, -0.15) is 0 Å². The van der Waals surface area contributed by atoms with E-state index in [0.29, 0.717) is 17.7 Å². The lowest BCUT2D eigenvalue weighted by Crippen LogP contribution is -2.13. The maximum Gasteiger partial charge on any atom is 0.313 e. The highest BCUT2D eigenvalue weighted by molar-refractivity contribution is 7.99. The van der Waals surface area contributed by atoms with Gasteiger partial charge in [0.15, 0.2) is 11.0 Å². The lowest BCUT2D eigenvalue weighted by Gasteiger charge is -2.13. The van der Waals surface area contributed by atoms with Crippen LogP contribution in [0, 0.1) is 5.92 Å². The molecule has 0 spiro atoms. The summed E-state index contributed by atoms with van der Waals surface area (Å²) in [5, 5.41) is 17.5. The third kappa shape index (κ3) is 5.61. The Morgan fingerprint density at radius 2 is 2.05 bits per heavy atom. The minimum absolute atomic E-state index is 0.0126. The lowest BCUT2D eigenvalue weighted by molar-refractivity contribution is -0.133. The second kappa shape index (κ2) is 7.49. The van der Waals surface area contributed by atoms with Crippen LogP contribution in [0.15, 0.2) is 5.16 Å². The number of hydrogen-bond donors (Lipinski definition) is 1. The van der Waals surface area contributed by atoms with Gasteiger partial charge in [0.2, 0.25) is 0 Å². The number of nitrogens with zero attached hydrogens (tertiary/aromatic N) is 3. The maximum atomic E-state index is 10.6. The zero-order valence-corrected chi connectivity index (χ0v) is 12.6. The molecule has 0 saturated heterocycles. The highest BCUT2D eigenvalue weighted by Crippen LogP contribution is 2.19. The first kappa shape index (κ1) is 16.0. The van der Waals surface area contributed by atoms with Gasteiger partial charge in [0.25, 0.3) is 0 Å². The minimum atomic E-state index is -0.857. The Bertz CT molecular complexity index is 418. The molecule has 0 aliphatic rings. The molecule has 0 bridgehead atoms. The summed E-state index contributed by atoms with van der Waals surface area (Å²) < 4.78 is 7.49. The van der Waals surface area contributed by atoms with Gasteiger partial charge in [-0.3, -0.25) is 4.79 Å². The molecule has 0 radical (unpaired) electrons. The smallest absolute Gasteiger partial charge is 0.313 e. The van der Waals surface area contributed by atoms with Crippen LogP contribution in [0.25, 0.3) is 0 Å². The van der Waals surface area contributed by atoms with Gasteiger partial charge in [-0.25, -0.2) is 0 Å². The molecule has 0 unspecified atom stereocenters. The van der Waals surface area contributed by atoms with Crippen molar-refractivity contribution in [1.29, 1.82) is 0 Å². The highest BCUT2D eigenvalue weighted by Gasteiger charge is 2.15. The Kier molecular flexibility index (Phi) is 6.30. The number of hydrogen-bond acceptors (Lipinski definition) is 5. The van der Waals surface area contributed by atoms with E-state index >= 15 is 0 Å². The largest absolute Gasteiger partial charge is 0.481 e. The summed E-state index contributed by atoms with van der Waals surface area (Å²) in [5.74, 6) is 0.304. The Morgan fingerprint density at radius 1 is 1.37 bits per heavy atom. The van der Waals surface area contributed by atoms with Crippen molar-refractivity contribution in [3.8, 4) is 0 Å². The second-order valence-corrected chi connectivity index (χ2v) is 5.89. The molecule has 1 rings (SSSR count). The van der Waals surface area contributed by atoms with E-state index in [0.717, 1.165) is 12.4 Å². The number of rotatable bonds is 8. The molecule has 0 aliphatic carbocycles. The van der Waals surface area contributed by atoms with Crippen molar-refractivity contribution < 1.29 is 14.6 Å². The molecule has 1 aromatic heterocycles. The normalized spacial score (nSPS) is 11.5. The molecule has 0 atom stereocenters. The van der Waals surface area contributed by atoms with E-state index in [9.17, 15) is 4.79 Å². The third-order valence-corrected chi connectivity index (χ3v) is 3.16. The van der Waals surface area contributed by atoms with Gasteiger partial charge in [-0.15, -0.1) is 10.2 Å². The van der Waals surface area contributed by atoms with Gasteiger partial charge >= 0.3 is 5.97 Å². The van der Waals surface area contributed by atoms with Crippen LogP contribution in [-0.2, 0) is 22.7 Å². The molecular formula is C12H21N3O3S. The zero-order valence-electron chi connectivity index (χ0n) is 11.8. The van der Waals surface area contributed by atoms with E-state index in [1.54, 1.807) is 0 Å². The molecule has 1 aromatic rings. The molecule has 108 valence electrons. The lowest BCUT2D eigenvalue weighted by atomic mass is 10.2. The van der Waals surface area contributed by atoms with Crippen LogP contribution < -0.4 is 0 Å². The number of carboxylic acid groups (broad SMARTS) is 1. The molecular weight excluding hydrogens is 266 g/mol. The Morgan fingerprint density at radius 3 is 2.58 bits per heavy atom. The average molecular weight is 287 g/mol. The number of thioether (sulfide) groups is 1. The van der Waals surface area contributed by atoms with Gasteiger partial charge in [0.1, 0.15) is 6.61 Å². The fourth-order valence-electron chi connectivity index (χ4n) is 1.45. The van der Waals surface area contributed by atoms with Crippen molar-refractivity contribution >= 4 is 17.7 Å². The number of carbonyl (C=O) groups is 1. The first-order valence-electron chi connectivity index (χ1n) is 6.28. The van der Waals surface area contributed by atoms with Gasteiger partial charge in [0, 0.05) is 6.54 Å². The molecule has 1 heterocycles. The number of aromatic nitrogens is 3. The Labute approximate surface area is 117 Å². The van der Waals surface area contributed by atoms with Gasteiger partial charge in [-0.05, 0) is 19.8 Å². The molecule has 0 amide bonds. The van der Waals surface area contributed by atoms with Gasteiger partial charge in [-0.1, -0.05) is 25.6 Å². The molecule has 0 saturated carbocycles. The summed E-state index contributed by atoms with van der Waals surface area (Å²) in [4.78, 5) is 10.6. The van der Waals surface area contributed by atoms with Crippen molar-refractivity contribution in [2.45, 2.75) is 52.1 Å². The van der Waals surface area contributed by atoms with E-state index in [4.69, 9.17) is 9.84 Å². The molecule has 0 aromatic carbocycles. The maximum absolute atomic E-state index is 10.6. The van der Waals surface area contributed by atoms with Crippen molar-refractivity contribution in [3.63, 3.8) is 0 Å². The number of ether oxygens (including phenoxy) is 1. The quantitative estimate of drug-likeness (QED) is 0.737. The first-order chi connectivity index (χ1) is 8.90. The molecule has 1 N–H and O–H groups in total. The van der Waals surface area contributed by atoms with Crippen molar-refractivity contribution in [3.05, 3.63) is 5.82 Å². The van der Waals surface area contributed by atoms with Crippen LogP contribution >= 0.6 is 11.8 Å². The number of aliphatic carboxylic acids is 1. The topological polar surface area (TPSA) is 77.2 Å². The monoisotopic (exact) mass is 287 g/mol. The minimum Gasteiger partial charge on any atom is -0.481 e. The molecule has 0 aliphatic heterocycles. The van der Waals surface area contributed by atoms with Gasteiger partial charge < -0.3 is 14.4 Å². The Balaban J connectivity index is 2.81. The van der Waals surface area contributed by atoms with Crippen LogP contribution in [0.1, 0.15) is 33.5 Å². The van der Waals surface area contributed by atoms with E-state index in [2.05, 4.69) is 24.0 Å². The third-order valence-electron chi connectivity index (χ3n) is 2.21. The zero-order chi connectivity index (χ0) is 14.4. The van der Waals surface area contributed by atoms with Crippen LogP contribution in [0.4, 0.5) is 0 Å². The van der Waals surface area contributed by atoms with Crippen LogP contribution in [0.5, 0.6) is 0 Å². The van der Waals surface area contributed by atoms with Crippen LogP contribution in [-0.4, -0.2) is 37.7 Å². The fraction of sp³-hybridized carbons (Fsp3) is 0.750. The van der Waals surface area contributed by atoms with Crippen molar-refractivity contribution in [2.75, 3.05) is 5.75 Å². The summed E-state index contributed by atoms with van der Waals surface area (Å²) in [5.41, 5.74) is 0. The molecule has 19 heavy (non-hydrogen) atoms. The standard InChI is InChI=1S/C12H21N3O3S/c1-8(2)5-15-10(6-18-9(3)4)13-14-12(15)19-7-11(16)17/h8-9H,5-7H2,1-4H3,(H,16,17). The summed E-state index contributed by atoms with van der Waals surface area (Å²) in [6.45, 7) is 9.26. The molecule has 7 heteroatoms. The van der Waals surface area contributed by atoms with E-state index in [-0.39, 0.29) is 11.9 Å². The van der Waals surface area contributed by atoms with Crippen LogP contribution in [0.3, 0.4) is 0 Å². The number of carboxylic acids is 1. The van der Waals surface area contributed by atoms with E-state index < -0.39 is 5.97 Å². The summed E-state index contributed by atoms with van der Waals surface area (Å²) in [6.07, 6.45) is 0.124. The predicted molar refractivity (Wildman–Crippen MR) is 73.1 cm³/mol. The SMILES string of the molecule is CC(C)Cn1c(COC(C)C)nnc1SCC(=O)O. The highest BCUT2D eigenvalue weighted by atomic mass is 32.2. The van der Waals surface area contributed by atoms with E-state index in [1.165, 1.54) is 11.8 Å².